The monoisotopic (exact) mass is 505 g/mol. The highest BCUT2D eigenvalue weighted by Gasteiger charge is 2.35. The zero-order chi connectivity index (χ0) is 27.3. The predicted octanol–water partition coefficient (Wildman–Crippen LogP) is 0.485. The summed E-state index contributed by atoms with van der Waals surface area (Å²) >= 11 is 0. The fraction of sp³-hybridized carbons (Fsp3) is 0.520. The Morgan fingerprint density at radius 3 is 2.28 bits per heavy atom. The first-order chi connectivity index (χ1) is 17.0. The summed E-state index contributed by atoms with van der Waals surface area (Å²) in [5.41, 5.74) is 0.0522. The number of aliphatic hydroxyl groups excluding tert-OH is 2. The van der Waals surface area contributed by atoms with Crippen LogP contribution in [0.15, 0.2) is 24.3 Å². The summed E-state index contributed by atoms with van der Waals surface area (Å²) in [5.74, 6) is 0.478. The molecule has 11 nitrogen and oxygen atoms in total. The highest BCUT2D eigenvalue weighted by atomic mass is 16.6. The smallest absolute Gasteiger partial charge is 0.408 e. The Balaban J connectivity index is 3.26. The van der Waals surface area contributed by atoms with Crippen LogP contribution in [0.1, 0.15) is 51.3 Å². The quantitative estimate of drug-likeness (QED) is 0.236. The minimum atomic E-state index is -1.45. The Kier molecular flexibility index (Phi) is 12.4. The Morgan fingerprint density at radius 2 is 1.78 bits per heavy atom. The van der Waals surface area contributed by atoms with E-state index in [0.29, 0.717) is 11.1 Å². The van der Waals surface area contributed by atoms with Gasteiger partial charge in [0.25, 0.3) is 0 Å². The Morgan fingerprint density at radius 1 is 1.14 bits per heavy atom. The van der Waals surface area contributed by atoms with Crippen LogP contribution in [0.2, 0.25) is 0 Å². The molecule has 2 unspecified atom stereocenters. The summed E-state index contributed by atoms with van der Waals surface area (Å²) in [6.07, 6.45) is 4.38. The Labute approximate surface area is 211 Å². The minimum absolute atomic E-state index is 0.0582. The van der Waals surface area contributed by atoms with E-state index in [1.54, 1.807) is 52.0 Å². The number of rotatable bonds is 12. The summed E-state index contributed by atoms with van der Waals surface area (Å²) in [5, 5.41) is 24.4. The first-order valence-electron chi connectivity index (χ1n) is 11.5. The number of alkyl carbamates (subject to hydrolysis) is 1. The van der Waals surface area contributed by atoms with Gasteiger partial charge in [-0.05, 0) is 45.4 Å². The van der Waals surface area contributed by atoms with Gasteiger partial charge in [-0.15, -0.1) is 6.42 Å². The number of hydrogen-bond donors (Lipinski definition) is 4. The molecule has 0 saturated carbocycles. The van der Waals surface area contributed by atoms with E-state index in [1.807, 2.05) is 0 Å². The molecular weight excluding hydrogens is 470 g/mol. The van der Waals surface area contributed by atoms with Crippen LogP contribution in [0.5, 0.6) is 0 Å². The zero-order valence-electron chi connectivity index (χ0n) is 21.1. The fourth-order valence-electron chi connectivity index (χ4n) is 3.16. The molecule has 0 fully saturated rings. The first-order valence-corrected chi connectivity index (χ1v) is 11.5. The molecule has 0 bridgehead atoms. The highest BCUT2D eigenvalue weighted by molar-refractivity contribution is 5.92. The zero-order valence-corrected chi connectivity index (χ0v) is 21.1. The second kappa shape index (κ2) is 14.7. The van der Waals surface area contributed by atoms with Gasteiger partial charge in [-0.25, -0.2) is 4.79 Å². The van der Waals surface area contributed by atoms with Gasteiger partial charge in [0, 0.05) is 18.7 Å². The van der Waals surface area contributed by atoms with Gasteiger partial charge in [0.15, 0.2) is 0 Å². The third kappa shape index (κ3) is 9.93. The molecule has 2 atom stereocenters. The molecule has 0 saturated heterocycles. The molecule has 0 aliphatic heterocycles. The number of amides is 3. The number of carbonyl (C=O) groups is 4. The summed E-state index contributed by atoms with van der Waals surface area (Å²) in [6, 6.07) is 3.55. The maximum atomic E-state index is 13.4. The lowest BCUT2D eigenvalue weighted by atomic mass is 10.0. The Hall–Kier alpha value is -3.62. The molecule has 0 aliphatic rings. The van der Waals surface area contributed by atoms with E-state index in [0.717, 1.165) is 4.90 Å². The topological polar surface area (TPSA) is 154 Å². The van der Waals surface area contributed by atoms with Gasteiger partial charge in [-0.1, -0.05) is 18.1 Å². The number of carbonyl (C=O) groups excluding carboxylic acids is 4. The molecule has 3 amide bonds. The SMILES string of the molecule is C#Cc1ccc(C(C(=O)NCCC(=O)OCC)N(CCO)C(=O)C(CO)NC(=O)OC(C)(C)C)cc1. The lowest BCUT2D eigenvalue weighted by molar-refractivity contribution is -0.145. The van der Waals surface area contributed by atoms with Gasteiger partial charge in [0.05, 0.1) is 26.2 Å². The maximum absolute atomic E-state index is 13.4. The van der Waals surface area contributed by atoms with E-state index >= 15 is 0 Å². The van der Waals surface area contributed by atoms with Crippen LogP contribution in [0.3, 0.4) is 0 Å². The van der Waals surface area contributed by atoms with Gasteiger partial charge >= 0.3 is 12.1 Å². The van der Waals surface area contributed by atoms with Crippen molar-refractivity contribution in [2.24, 2.45) is 0 Å². The molecule has 0 spiro atoms. The van der Waals surface area contributed by atoms with Crippen molar-refractivity contribution < 1.29 is 38.9 Å². The van der Waals surface area contributed by atoms with Crippen molar-refractivity contribution in [3.63, 3.8) is 0 Å². The minimum Gasteiger partial charge on any atom is -0.466 e. The molecule has 0 aromatic heterocycles. The van der Waals surface area contributed by atoms with E-state index < -0.39 is 54.8 Å². The van der Waals surface area contributed by atoms with E-state index in [2.05, 4.69) is 16.6 Å². The number of nitrogens with one attached hydrogen (secondary N) is 2. The summed E-state index contributed by atoms with van der Waals surface area (Å²) < 4.78 is 10.00. The molecule has 4 N–H and O–H groups in total. The van der Waals surface area contributed by atoms with Crippen molar-refractivity contribution in [1.29, 1.82) is 0 Å². The number of nitrogens with zero attached hydrogens (tertiary/aromatic N) is 1. The van der Waals surface area contributed by atoms with E-state index in [-0.39, 0.29) is 26.1 Å². The Bertz CT molecular complexity index is 934. The van der Waals surface area contributed by atoms with Gasteiger partial charge in [0.1, 0.15) is 17.7 Å². The van der Waals surface area contributed by atoms with Crippen molar-refractivity contribution >= 4 is 23.9 Å². The van der Waals surface area contributed by atoms with Crippen molar-refractivity contribution in [3.05, 3.63) is 35.4 Å². The molecule has 1 rings (SSSR count). The lowest BCUT2D eigenvalue weighted by Crippen LogP contribution is -2.55. The number of hydrogen-bond acceptors (Lipinski definition) is 8. The fourth-order valence-corrected chi connectivity index (χ4v) is 3.16. The molecule has 1 aromatic rings. The van der Waals surface area contributed by atoms with Crippen molar-refractivity contribution in [3.8, 4) is 12.3 Å². The second-order valence-corrected chi connectivity index (χ2v) is 8.65. The van der Waals surface area contributed by atoms with Crippen LogP contribution < -0.4 is 10.6 Å². The third-order valence-corrected chi connectivity index (χ3v) is 4.68. The van der Waals surface area contributed by atoms with Gasteiger partial charge in [-0.3, -0.25) is 14.4 Å². The summed E-state index contributed by atoms with van der Waals surface area (Å²) in [6.45, 7) is 5.12. The van der Waals surface area contributed by atoms with Crippen LogP contribution in [-0.4, -0.2) is 83.5 Å². The summed E-state index contributed by atoms with van der Waals surface area (Å²) in [4.78, 5) is 51.5. The molecule has 198 valence electrons. The van der Waals surface area contributed by atoms with Crippen LogP contribution in [0.25, 0.3) is 0 Å². The standard InChI is InChI=1S/C25H35N3O8/c1-6-17-8-10-18(11-9-17)21(22(32)26-13-12-20(31)35-7-2)28(14-15-29)23(33)19(16-30)27-24(34)36-25(3,4)5/h1,8-11,19,21,29-30H,7,12-16H2,2-5H3,(H,26,32)(H,27,34). The number of benzene rings is 1. The van der Waals surface area contributed by atoms with Crippen LogP contribution in [0, 0.1) is 12.3 Å². The predicted molar refractivity (Wildman–Crippen MR) is 130 cm³/mol. The van der Waals surface area contributed by atoms with Gasteiger partial charge in [-0.2, -0.15) is 0 Å². The normalized spacial score (nSPS) is 12.5. The molecule has 36 heavy (non-hydrogen) atoms. The average Bonchev–Trinajstić information content (AvgIpc) is 2.81. The molecular formula is C25H35N3O8. The maximum Gasteiger partial charge on any atom is 0.408 e. The molecule has 11 heteroatoms. The lowest BCUT2D eigenvalue weighted by Gasteiger charge is -2.33. The molecule has 0 radical (unpaired) electrons. The number of ether oxygens (including phenoxy) is 2. The number of esters is 1. The van der Waals surface area contributed by atoms with Crippen molar-refractivity contribution in [2.75, 3.05) is 32.9 Å². The molecule has 0 aliphatic carbocycles. The van der Waals surface area contributed by atoms with E-state index in [9.17, 15) is 29.4 Å². The largest absolute Gasteiger partial charge is 0.466 e. The van der Waals surface area contributed by atoms with Crippen LogP contribution in [-0.2, 0) is 23.9 Å². The van der Waals surface area contributed by atoms with E-state index in [1.165, 1.54) is 0 Å². The average molecular weight is 506 g/mol. The highest BCUT2D eigenvalue weighted by Crippen LogP contribution is 2.23. The number of aliphatic hydroxyl groups is 2. The second-order valence-electron chi connectivity index (χ2n) is 8.65. The summed E-state index contributed by atoms with van der Waals surface area (Å²) in [7, 11) is 0. The van der Waals surface area contributed by atoms with Gasteiger partial charge < -0.3 is 35.2 Å². The number of terminal acetylenes is 1. The molecule has 1 aromatic carbocycles. The third-order valence-electron chi connectivity index (χ3n) is 4.68. The van der Waals surface area contributed by atoms with Crippen LogP contribution >= 0.6 is 0 Å². The van der Waals surface area contributed by atoms with Crippen LogP contribution in [0.4, 0.5) is 4.79 Å². The van der Waals surface area contributed by atoms with Crippen molar-refractivity contribution in [2.45, 2.75) is 51.8 Å². The first kappa shape index (κ1) is 30.4. The van der Waals surface area contributed by atoms with E-state index in [4.69, 9.17) is 15.9 Å². The van der Waals surface area contributed by atoms with Crippen molar-refractivity contribution in [1.82, 2.24) is 15.5 Å². The van der Waals surface area contributed by atoms with Gasteiger partial charge in [0.2, 0.25) is 11.8 Å². The molecule has 0 heterocycles.